The third-order valence-electron chi connectivity index (χ3n) is 17.6. The minimum absolute atomic E-state index is 0.106. The number of hydrogen-bond donors (Lipinski definition) is 3. The van der Waals surface area contributed by atoms with E-state index in [-0.39, 0.29) is 25.7 Å². The molecule has 17 nitrogen and oxygen atoms in total. The van der Waals surface area contributed by atoms with Crippen molar-refractivity contribution in [2.45, 2.75) is 407 Å². The van der Waals surface area contributed by atoms with Crippen LogP contribution in [0.2, 0.25) is 0 Å². The van der Waals surface area contributed by atoms with Crippen molar-refractivity contribution in [2.75, 3.05) is 39.6 Å². The Morgan fingerprint density at radius 1 is 0.284 bits per heavy atom. The number of hydrogen-bond acceptors (Lipinski definition) is 15. The van der Waals surface area contributed by atoms with E-state index >= 15 is 0 Å². The second-order valence-electron chi connectivity index (χ2n) is 28.8. The fraction of sp³-hybridized carbons (Fsp3) is 0.947. The lowest BCUT2D eigenvalue weighted by Gasteiger charge is -2.21. The number of phosphoric ester groups is 2. The first-order valence-electron chi connectivity index (χ1n) is 39.3. The standard InChI is InChI=1S/C76H148O17P2/c1-8-9-10-11-12-26-36-43-50-57-73(78)86-63-71(93-76(81)60-53-46-39-32-25-24-29-35-42-49-56-69(6)7)65-90-94(82,83)88-61-70(77)62-89-95(84,85)91-66-72(64-87-74(79)58-51-44-37-30-23-19-21-28-34-41-48-55-68(4)5)92-75(80)59-52-45-38-31-22-18-16-14-13-15-17-20-27-33-40-47-54-67(2)3/h67-72,77H,8-66H2,1-7H3,(H,82,83)(H,84,85)/t70-,71+,72+/m0/s1. The van der Waals surface area contributed by atoms with Gasteiger partial charge in [0, 0.05) is 25.7 Å². The van der Waals surface area contributed by atoms with Gasteiger partial charge >= 0.3 is 39.5 Å². The maximum atomic E-state index is 13.1. The van der Waals surface area contributed by atoms with Gasteiger partial charge in [0.25, 0.3) is 0 Å². The molecule has 19 heteroatoms. The van der Waals surface area contributed by atoms with E-state index in [0.717, 1.165) is 108 Å². The van der Waals surface area contributed by atoms with E-state index in [4.69, 9.17) is 37.0 Å². The summed E-state index contributed by atoms with van der Waals surface area (Å²) in [6, 6.07) is 0. The van der Waals surface area contributed by atoms with Gasteiger partial charge in [-0.1, -0.05) is 337 Å². The molecular formula is C76H148O17P2. The Morgan fingerprint density at radius 3 is 0.716 bits per heavy atom. The molecule has 0 aromatic heterocycles. The lowest BCUT2D eigenvalue weighted by molar-refractivity contribution is -0.161. The van der Waals surface area contributed by atoms with Gasteiger partial charge in [0.1, 0.15) is 19.3 Å². The summed E-state index contributed by atoms with van der Waals surface area (Å²) in [6.07, 6.45) is 52.7. The van der Waals surface area contributed by atoms with Crippen molar-refractivity contribution >= 4 is 39.5 Å². The molecule has 0 aliphatic carbocycles. The monoisotopic (exact) mass is 1400 g/mol. The molecule has 0 saturated heterocycles. The summed E-state index contributed by atoms with van der Waals surface area (Å²) >= 11 is 0. The second-order valence-corrected chi connectivity index (χ2v) is 31.7. The summed E-state index contributed by atoms with van der Waals surface area (Å²) in [4.78, 5) is 72.8. The SMILES string of the molecule is CCCCCCCCCCCC(=O)OC[C@H](COP(=O)(O)OC[C@H](O)COP(=O)(O)OC[C@@H](COC(=O)CCCCCCCCCCCCCC(C)C)OC(=O)CCCCCCCCCCCCCCCCCCC(C)C)OC(=O)CCCCCCCCCCCCC(C)C. The van der Waals surface area contributed by atoms with Crippen LogP contribution in [-0.4, -0.2) is 96.7 Å². The maximum absolute atomic E-state index is 13.1. The van der Waals surface area contributed by atoms with Gasteiger partial charge in [0.2, 0.25) is 0 Å². The molecule has 0 fully saturated rings. The molecular weight excluding hydrogens is 1250 g/mol. The summed E-state index contributed by atoms with van der Waals surface area (Å²) in [5.74, 6) is 0.214. The van der Waals surface area contributed by atoms with Crippen LogP contribution in [0.4, 0.5) is 0 Å². The molecule has 0 aliphatic heterocycles. The molecule has 0 heterocycles. The van der Waals surface area contributed by atoms with Crippen LogP contribution < -0.4 is 0 Å². The highest BCUT2D eigenvalue weighted by Crippen LogP contribution is 2.45. The van der Waals surface area contributed by atoms with Gasteiger partial charge in [-0.05, 0) is 43.4 Å². The molecule has 95 heavy (non-hydrogen) atoms. The van der Waals surface area contributed by atoms with E-state index in [1.165, 1.54) is 199 Å². The fourth-order valence-electron chi connectivity index (χ4n) is 11.6. The first-order chi connectivity index (χ1) is 45.7. The number of carbonyl (C=O) groups excluding carboxylic acids is 4. The van der Waals surface area contributed by atoms with Gasteiger partial charge in [0.05, 0.1) is 26.4 Å². The average molecular weight is 1400 g/mol. The highest BCUT2D eigenvalue weighted by atomic mass is 31.2. The number of phosphoric acid groups is 2. The zero-order valence-electron chi connectivity index (χ0n) is 62.1. The zero-order valence-corrected chi connectivity index (χ0v) is 63.9. The number of aliphatic hydroxyl groups is 1. The predicted molar refractivity (Wildman–Crippen MR) is 386 cm³/mol. The summed E-state index contributed by atoms with van der Waals surface area (Å²) < 4.78 is 68.5. The number of esters is 4. The van der Waals surface area contributed by atoms with E-state index < -0.39 is 97.5 Å². The third kappa shape index (κ3) is 70.3. The van der Waals surface area contributed by atoms with Crippen molar-refractivity contribution in [3.8, 4) is 0 Å². The molecule has 0 aromatic rings. The summed E-state index contributed by atoms with van der Waals surface area (Å²) in [5.41, 5.74) is 0. The summed E-state index contributed by atoms with van der Waals surface area (Å²) in [7, 11) is -9.91. The Labute approximate surface area is 581 Å². The van der Waals surface area contributed by atoms with Gasteiger partial charge in [-0.2, -0.15) is 0 Å². The van der Waals surface area contributed by atoms with Crippen LogP contribution in [0.5, 0.6) is 0 Å². The van der Waals surface area contributed by atoms with E-state index in [0.29, 0.717) is 25.7 Å². The Bertz CT molecular complexity index is 1850. The Balaban J connectivity index is 5.22. The summed E-state index contributed by atoms with van der Waals surface area (Å²) in [5, 5.41) is 10.6. The van der Waals surface area contributed by atoms with Crippen molar-refractivity contribution in [1.29, 1.82) is 0 Å². The number of carbonyl (C=O) groups is 4. The Morgan fingerprint density at radius 2 is 0.484 bits per heavy atom. The molecule has 5 atom stereocenters. The van der Waals surface area contributed by atoms with Crippen LogP contribution in [0.1, 0.15) is 389 Å². The predicted octanol–water partition coefficient (Wildman–Crippen LogP) is 22.2. The smallest absolute Gasteiger partial charge is 0.462 e. The van der Waals surface area contributed by atoms with Gasteiger partial charge < -0.3 is 33.8 Å². The topological polar surface area (TPSA) is 237 Å². The van der Waals surface area contributed by atoms with Crippen LogP contribution in [0, 0.1) is 17.8 Å². The van der Waals surface area contributed by atoms with Gasteiger partial charge in [-0.25, -0.2) is 9.13 Å². The van der Waals surface area contributed by atoms with Crippen LogP contribution in [-0.2, 0) is 65.4 Å². The van der Waals surface area contributed by atoms with Crippen molar-refractivity contribution in [3.05, 3.63) is 0 Å². The highest BCUT2D eigenvalue weighted by Gasteiger charge is 2.30. The molecule has 0 aromatic carbocycles. The molecule has 0 spiro atoms. The lowest BCUT2D eigenvalue weighted by atomic mass is 10.0. The molecule has 0 amide bonds. The minimum Gasteiger partial charge on any atom is -0.462 e. The molecule has 0 radical (unpaired) electrons. The molecule has 0 rings (SSSR count). The molecule has 564 valence electrons. The largest absolute Gasteiger partial charge is 0.472 e. The minimum atomic E-state index is -4.96. The quantitative estimate of drug-likeness (QED) is 0.0222. The van der Waals surface area contributed by atoms with Crippen molar-refractivity contribution in [3.63, 3.8) is 0 Å². The van der Waals surface area contributed by atoms with Crippen LogP contribution in [0.3, 0.4) is 0 Å². The number of rotatable bonds is 74. The van der Waals surface area contributed by atoms with Crippen LogP contribution in [0.15, 0.2) is 0 Å². The van der Waals surface area contributed by atoms with E-state index in [1.54, 1.807) is 0 Å². The number of ether oxygens (including phenoxy) is 4. The third-order valence-corrected chi connectivity index (χ3v) is 19.5. The van der Waals surface area contributed by atoms with Crippen LogP contribution in [0.25, 0.3) is 0 Å². The zero-order chi connectivity index (χ0) is 70.1. The molecule has 0 bridgehead atoms. The second kappa shape index (κ2) is 66.6. The first kappa shape index (κ1) is 93.1. The normalized spacial score (nSPS) is 14.1. The van der Waals surface area contributed by atoms with Crippen LogP contribution >= 0.6 is 15.6 Å². The van der Waals surface area contributed by atoms with Gasteiger partial charge in [0.15, 0.2) is 12.2 Å². The average Bonchev–Trinajstić information content (AvgIpc) is 1.87. The Hall–Kier alpha value is -1.94. The summed E-state index contributed by atoms with van der Waals surface area (Å²) in [6.45, 7) is 11.9. The molecule has 3 N–H and O–H groups in total. The highest BCUT2D eigenvalue weighted by molar-refractivity contribution is 7.47. The fourth-order valence-corrected chi connectivity index (χ4v) is 13.2. The van der Waals surface area contributed by atoms with Gasteiger partial charge in [-0.3, -0.25) is 37.3 Å². The van der Waals surface area contributed by atoms with E-state index in [2.05, 4.69) is 48.5 Å². The van der Waals surface area contributed by atoms with Crippen molar-refractivity contribution in [1.82, 2.24) is 0 Å². The molecule has 2 unspecified atom stereocenters. The van der Waals surface area contributed by atoms with E-state index in [9.17, 15) is 43.2 Å². The van der Waals surface area contributed by atoms with Crippen molar-refractivity contribution in [2.24, 2.45) is 17.8 Å². The van der Waals surface area contributed by atoms with E-state index in [1.807, 2.05) is 0 Å². The Kier molecular flexibility index (Phi) is 65.2. The number of unbranched alkanes of at least 4 members (excludes halogenated alkanes) is 42. The number of aliphatic hydroxyl groups excluding tert-OH is 1. The lowest BCUT2D eigenvalue weighted by Crippen LogP contribution is -2.30. The first-order valence-corrected chi connectivity index (χ1v) is 42.3. The molecule has 0 aliphatic rings. The molecule has 0 saturated carbocycles. The maximum Gasteiger partial charge on any atom is 0.472 e. The van der Waals surface area contributed by atoms with Crippen molar-refractivity contribution < 1.29 is 80.2 Å². The van der Waals surface area contributed by atoms with Gasteiger partial charge in [-0.15, -0.1) is 0 Å².